The van der Waals surface area contributed by atoms with Crippen LogP contribution in [-0.2, 0) is 0 Å². The van der Waals surface area contributed by atoms with Crippen LogP contribution in [0.2, 0.25) is 0 Å². The van der Waals surface area contributed by atoms with Gasteiger partial charge in [0, 0.05) is 12.7 Å². The number of benzene rings is 3. The summed E-state index contributed by atoms with van der Waals surface area (Å²) in [6, 6.07) is 23.0. The summed E-state index contributed by atoms with van der Waals surface area (Å²) in [5.74, 6) is 0.543. The highest BCUT2D eigenvalue weighted by Gasteiger charge is 2.13. The summed E-state index contributed by atoms with van der Waals surface area (Å²) >= 11 is 0. The largest absolute Gasteiger partial charge is 0.419 e. The van der Waals surface area contributed by atoms with Gasteiger partial charge in [0.25, 0.3) is 0 Å². The number of carbonyl (C=O) groups excluding carboxylic acids is 1. The molecule has 0 radical (unpaired) electrons. The predicted octanol–water partition coefficient (Wildman–Crippen LogP) is 4.48. The van der Waals surface area contributed by atoms with Gasteiger partial charge in [-0.1, -0.05) is 48.5 Å². The number of nitrogens with zero attached hydrogens (tertiary/aromatic N) is 1. The average Bonchev–Trinajstić information content (AvgIpc) is 2.55. The van der Waals surface area contributed by atoms with Gasteiger partial charge in [-0.05, 0) is 35.0 Å². The van der Waals surface area contributed by atoms with Crippen LogP contribution in [-0.4, -0.2) is 13.1 Å². The van der Waals surface area contributed by atoms with E-state index in [9.17, 15) is 4.79 Å². The fraction of sp³-hybridized carbons (Fsp3) is 0.0556. The van der Waals surface area contributed by atoms with Gasteiger partial charge in [0.2, 0.25) is 0 Å². The van der Waals surface area contributed by atoms with E-state index in [1.165, 1.54) is 4.90 Å². The van der Waals surface area contributed by atoms with Gasteiger partial charge in [-0.3, -0.25) is 4.90 Å². The van der Waals surface area contributed by atoms with Crippen LogP contribution >= 0.6 is 0 Å². The number of hydrogen-bond donors (Lipinski definition) is 0. The molecule has 0 bridgehead atoms. The molecule has 3 aromatic carbocycles. The van der Waals surface area contributed by atoms with E-state index in [2.05, 4.69) is 0 Å². The Bertz CT molecular complexity index is 768. The number of amides is 1. The number of ether oxygens (including phenoxy) is 1. The van der Waals surface area contributed by atoms with Crippen LogP contribution < -0.4 is 9.64 Å². The van der Waals surface area contributed by atoms with Crippen molar-refractivity contribution in [3.05, 3.63) is 72.8 Å². The average molecular weight is 277 g/mol. The Morgan fingerprint density at radius 2 is 1.52 bits per heavy atom. The van der Waals surface area contributed by atoms with Crippen LogP contribution in [0, 0.1) is 0 Å². The smallest absolute Gasteiger partial charge is 0.410 e. The number of carbonyl (C=O) groups is 1. The standard InChI is InChI=1S/C18H15NO2/c1-19(16-9-3-2-4-10-16)18(20)21-17-12-11-14-7-5-6-8-15(14)13-17/h2-13H,1H3. The SMILES string of the molecule is CN(C(=O)Oc1ccc2ccccc2c1)c1ccccc1. The van der Waals surface area contributed by atoms with Crippen LogP contribution in [0.3, 0.4) is 0 Å². The van der Waals surface area contributed by atoms with E-state index in [1.54, 1.807) is 13.1 Å². The zero-order valence-electron chi connectivity index (χ0n) is 11.7. The minimum Gasteiger partial charge on any atom is -0.410 e. The van der Waals surface area contributed by atoms with E-state index in [0.29, 0.717) is 5.75 Å². The summed E-state index contributed by atoms with van der Waals surface area (Å²) in [6.45, 7) is 0. The van der Waals surface area contributed by atoms with Crippen LogP contribution in [0.25, 0.3) is 10.8 Å². The molecule has 0 spiro atoms. The van der Waals surface area contributed by atoms with Crippen molar-refractivity contribution in [1.82, 2.24) is 0 Å². The number of hydrogen-bond acceptors (Lipinski definition) is 2. The topological polar surface area (TPSA) is 29.5 Å². The highest BCUT2D eigenvalue weighted by atomic mass is 16.6. The summed E-state index contributed by atoms with van der Waals surface area (Å²) in [5.41, 5.74) is 0.795. The maximum Gasteiger partial charge on any atom is 0.419 e. The quantitative estimate of drug-likeness (QED) is 0.691. The van der Waals surface area contributed by atoms with Crippen LogP contribution in [0.15, 0.2) is 72.8 Å². The Balaban J connectivity index is 1.80. The van der Waals surface area contributed by atoms with Crippen molar-refractivity contribution < 1.29 is 9.53 Å². The number of para-hydroxylation sites is 1. The molecule has 0 saturated carbocycles. The van der Waals surface area contributed by atoms with Gasteiger partial charge in [0.15, 0.2) is 0 Å². The fourth-order valence-corrected chi connectivity index (χ4v) is 2.16. The molecule has 0 aliphatic heterocycles. The van der Waals surface area contributed by atoms with Crippen molar-refractivity contribution in [1.29, 1.82) is 0 Å². The molecule has 104 valence electrons. The molecule has 3 rings (SSSR count). The Kier molecular flexibility index (Phi) is 3.56. The van der Waals surface area contributed by atoms with E-state index < -0.39 is 6.09 Å². The van der Waals surface area contributed by atoms with Crippen LogP contribution in [0.4, 0.5) is 10.5 Å². The molecule has 21 heavy (non-hydrogen) atoms. The third-order valence-corrected chi connectivity index (χ3v) is 3.34. The molecule has 0 heterocycles. The molecule has 0 aliphatic carbocycles. The van der Waals surface area contributed by atoms with E-state index in [1.807, 2.05) is 66.7 Å². The van der Waals surface area contributed by atoms with E-state index in [0.717, 1.165) is 16.5 Å². The van der Waals surface area contributed by atoms with E-state index >= 15 is 0 Å². The third kappa shape index (κ3) is 2.87. The molecular weight excluding hydrogens is 262 g/mol. The molecule has 0 fully saturated rings. The number of fused-ring (bicyclic) bond motifs is 1. The minimum atomic E-state index is -0.406. The van der Waals surface area contributed by atoms with Gasteiger partial charge < -0.3 is 4.74 Å². The zero-order valence-corrected chi connectivity index (χ0v) is 11.7. The summed E-state index contributed by atoms with van der Waals surface area (Å²) in [6.07, 6.45) is -0.406. The first-order valence-electron chi connectivity index (χ1n) is 6.73. The molecule has 3 aromatic rings. The van der Waals surface area contributed by atoms with Crippen molar-refractivity contribution in [3.8, 4) is 5.75 Å². The first-order valence-corrected chi connectivity index (χ1v) is 6.73. The first kappa shape index (κ1) is 13.2. The van der Waals surface area contributed by atoms with Gasteiger partial charge in [-0.15, -0.1) is 0 Å². The second-order valence-electron chi connectivity index (χ2n) is 4.77. The zero-order chi connectivity index (χ0) is 14.7. The third-order valence-electron chi connectivity index (χ3n) is 3.34. The second kappa shape index (κ2) is 5.67. The summed E-state index contributed by atoms with van der Waals surface area (Å²) in [7, 11) is 1.69. The van der Waals surface area contributed by atoms with E-state index in [4.69, 9.17) is 4.74 Å². The van der Waals surface area contributed by atoms with E-state index in [-0.39, 0.29) is 0 Å². The lowest BCUT2D eigenvalue weighted by molar-refractivity contribution is 0.209. The molecule has 1 amide bonds. The van der Waals surface area contributed by atoms with Gasteiger partial charge in [-0.25, -0.2) is 4.79 Å². The van der Waals surface area contributed by atoms with Crippen LogP contribution in [0.5, 0.6) is 5.75 Å². The number of rotatable bonds is 2. The summed E-state index contributed by atoms with van der Waals surface area (Å²) in [4.78, 5) is 13.6. The van der Waals surface area contributed by atoms with Crippen molar-refractivity contribution in [3.63, 3.8) is 0 Å². The van der Waals surface area contributed by atoms with Crippen molar-refractivity contribution in [2.24, 2.45) is 0 Å². The van der Waals surface area contributed by atoms with Crippen molar-refractivity contribution >= 4 is 22.6 Å². The molecule has 0 aromatic heterocycles. The van der Waals surface area contributed by atoms with Crippen molar-refractivity contribution in [2.45, 2.75) is 0 Å². The normalized spacial score (nSPS) is 10.3. The van der Waals surface area contributed by atoms with Gasteiger partial charge in [-0.2, -0.15) is 0 Å². The minimum absolute atomic E-state index is 0.406. The molecule has 0 aliphatic rings. The molecule has 0 saturated heterocycles. The Labute approximate surface area is 123 Å². The molecule has 3 nitrogen and oxygen atoms in total. The highest BCUT2D eigenvalue weighted by molar-refractivity contribution is 5.90. The number of anilines is 1. The predicted molar refractivity (Wildman–Crippen MR) is 84.8 cm³/mol. The molecular formula is C18H15NO2. The second-order valence-corrected chi connectivity index (χ2v) is 4.77. The maximum absolute atomic E-state index is 12.2. The van der Waals surface area contributed by atoms with Gasteiger partial charge in [0.05, 0.1) is 0 Å². The molecule has 0 N–H and O–H groups in total. The van der Waals surface area contributed by atoms with Gasteiger partial charge >= 0.3 is 6.09 Å². The summed E-state index contributed by atoms with van der Waals surface area (Å²) in [5, 5.41) is 2.17. The Morgan fingerprint density at radius 3 is 2.29 bits per heavy atom. The monoisotopic (exact) mass is 277 g/mol. The molecule has 0 unspecified atom stereocenters. The Hall–Kier alpha value is -2.81. The molecule has 3 heteroatoms. The lowest BCUT2D eigenvalue weighted by Gasteiger charge is -2.16. The van der Waals surface area contributed by atoms with Crippen LogP contribution in [0.1, 0.15) is 0 Å². The highest BCUT2D eigenvalue weighted by Crippen LogP contribution is 2.22. The molecule has 0 atom stereocenters. The lowest BCUT2D eigenvalue weighted by Crippen LogP contribution is -2.29. The summed E-state index contributed by atoms with van der Waals surface area (Å²) < 4.78 is 5.43. The fourth-order valence-electron chi connectivity index (χ4n) is 2.16. The maximum atomic E-state index is 12.2. The lowest BCUT2D eigenvalue weighted by atomic mass is 10.1. The Morgan fingerprint density at radius 1 is 0.857 bits per heavy atom. The van der Waals surface area contributed by atoms with Gasteiger partial charge in [0.1, 0.15) is 5.75 Å². The first-order chi connectivity index (χ1) is 10.2. The van der Waals surface area contributed by atoms with Crippen molar-refractivity contribution in [2.75, 3.05) is 11.9 Å².